The average molecular weight is 435 g/mol. The summed E-state index contributed by atoms with van der Waals surface area (Å²) in [5, 5.41) is 0. The summed E-state index contributed by atoms with van der Waals surface area (Å²) in [6.45, 7) is 16.3. The molecular weight excluding hydrogens is 372 g/mol. The lowest BCUT2D eigenvalue weighted by Gasteiger charge is -2.37. The van der Waals surface area contributed by atoms with Crippen molar-refractivity contribution in [2.75, 3.05) is 0 Å². The van der Waals surface area contributed by atoms with Crippen LogP contribution in [0.2, 0.25) is 0 Å². The Morgan fingerprint density at radius 3 is 0.935 bits per heavy atom. The zero-order chi connectivity index (χ0) is 23.1. The summed E-state index contributed by atoms with van der Waals surface area (Å²) in [5.74, 6) is 7.39. The van der Waals surface area contributed by atoms with Crippen molar-refractivity contribution in [2.24, 2.45) is 41.4 Å². The van der Waals surface area contributed by atoms with E-state index in [0.29, 0.717) is 0 Å². The first-order chi connectivity index (χ1) is 15.0. The number of hydrogen-bond donors (Lipinski definition) is 0. The van der Waals surface area contributed by atoms with Crippen LogP contribution in [0, 0.1) is 41.4 Å². The molecule has 0 aromatic rings. The van der Waals surface area contributed by atoms with Gasteiger partial charge in [-0.2, -0.15) is 0 Å². The minimum absolute atomic E-state index is 0.986. The van der Waals surface area contributed by atoms with Crippen molar-refractivity contribution in [3.8, 4) is 0 Å². The van der Waals surface area contributed by atoms with Crippen molar-refractivity contribution < 1.29 is 0 Å². The lowest BCUT2D eigenvalue weighted by atomic mass is 9.68. The molecule has 0 unspecified atom stereocenters. The zero-order valence-corrected chi connectivity index (χ0v) is 23.1. The Balaban J connectivity index is 0.000000268. The Labute approximate surface area is 199 Å². The molecule has 0 heteroatoms. The van der Waals surface area contributed by atoms with Crippen molar-refractivity contribution in [1.29, 1.82) is 0 Å². The monoisotopic (exact) mass is 434 g/mol. The van der Waals surface area contributed by atoms with Gasteiger partial charge in [-0.15, -0.1) is 0 Å². The minimum Gasteiger partial charge on any atom is -0.0651 e. The average Bonchev–Trinajstić information content (AvgIpc) is 2.83. The molecule has 3 aliphatic rings. The Bertz CT molecular complexity index is 333. The SMILES string of the molecule is CC1CCC(C)CC1.CCC(CC)CC.CCC1CCC(C2CCC(CC)CC2)CC1. The lowest BCUT2D eigenvalue weighted by Crippen LogP contribution is -2.25. The van der Waals surface area contributed by atoms with Gasteiger partial charge in [0.15, 0.2) is 0 Å². The van der Waals surface area contributed by atoms with Crippen LogP contribution in [0.25, 0.3) is 0 Å². The number of hydrogen-bond acceptors (Lipinski definition) is 0. The Kier molecular flexibility index (Phi) is 16.4. The molecule has 0 spiro atoms. The molecule has 0 saturated heterocycles. The summed E-state index contributed by atoms with van der Waals surface area (Å²) in [6.07, 6.45) is 25.2. The molecular formula is C31H62. The van der Waals surface area contributed by atoms with Crippen LogP contribution in [0.3, 0.4) is 0 Å². The van der Waals surface area contributed by atoms with Crippen molar-refractivity contribution in [2.45, 2.75) is 158 Å². The standard InChI is InChI=1S/C16H30.C8H16.C7H16/c1-3-13-5-9-15(10-6-13)16-11-7-14(4-2)8-12-16;1-7-3-5-8(2)6-4-7;1-4-7(5-2)6-3/h13-16H,3-12H2,1-2H3;7-8H,3-6H2,1-2H3;7H,4-6H2,1-3H3. The summed E-state index contributed by atoms with van der Waals surface area (Å²) in [5.41, 5.74) is 0. The fourth-order valence-corrected chi connectivity index (χ4v) is 6.43. The van der Waals surface area contributed by atoms with E-state index in [1.807, 2.05) is 0 Å². The van der Waals surface area contributed by atoms with Crippen LogP contribution in [0.1, 0.15) is 158 Å². The maximum Gasteiger partial charge on any atom is -0.0386 e. The van der Waals surface area contributed by atoms with E-state index in [1.54, 1.807) is 25.7 Å². The normalized spacial score (nSPS) is 33.7. The predicted octanol–water partition coefficient (Wildman–Crippen LogP) is 11.1. The molecule has 3 saturated carbocycles. The highest BCUT2D eigenvalue weighted by molar-refractivity contribution is 4.81. The van der Waals surface area contributed by atoms with E-state index in [1.165, 1.54) is 83.5 Å². The van der Waals surface area contributed by atoms with Gasteiger partial charge in [0.25, 0.3) is 0 Å². The van der Waals surface area contributed by atoms with Crippen LogP contribution in [0.5, 0.6) is 0 Å². The third-order valence-corrected chi connectivity index (χ3v) is 9.64. The molecule has 31 heavy (non-hydrogen) atoms. The van der Waals surface area contributed by atoms with Crippen LogP contribution in [0.15, 0.2) is 0 Å². The quantitative estimate of drug-likeness (QED) is 0.390. The van der Waals surface area contributed by atoms with E-state index in [4.69, 9.17) is 0 Å². The Morgan fingerprint density at radius 2 is 0.742 bits per heavy atom. The highest BCUT2D eigenvalue weighted by atomic mass is 14.3. The van der Waals surface area contributed by atoms with E-state index < -0.39 is 0 Å². The molecule has 0 radical (unpaired) electrons. The molecule has 186 valence electrons. The first-order valence-electron chi connectivity index (χ1n) is 15.0. The molecule has 0 amide bonds. The van der Waals surface area contributed by atoms with Gasteiger partial charge in [0, 0.05) is 0 Å². The van der Waals surface area contributed by atoms with Gasteiger partial charge in [-0.05, 0) is 67.1 Å². The second kappa shape index (κ2) is 17.5. The molecule has 0 aromatic carbocycles. The maximum absolute atomic E-state index is 2.37. The summed E-state index contributed by atoms with van der Waals surface area (Å²) >= 11 is 0. The van der Waals surface area contributed by atoms with E-state index >= 15 is 0 Å². The largest absolute Gasteiger partial charge is 0.0651 e. The van der Waals surface area contributed by atoms with Gasteiger partial charge < -0.3 is 0 Å². The molecule has 0 aliphatic heterocycles. The van der Waals surface area contributed by atoms with Gasteiger partial charge in [0.2, 0.25) is 0 Å². The van der Waals surface area contributed by atoms with Crippen LogP contribution in [-0.2, 0) is 0 Å². The smallest absolute Gasteiger partial charge is 0.0386 e. The predicted molar refractivity (Wildman–Crippen MR) is 143 cm³/mol. The zero-order valence-electron chi connectivity index (χ0n) is 23.1. The summed E-state index contributed by atoms with van der Waals surface area (Å²) in [4.78, 5) is 0. The first-order valence-corrected chi connectivity index (χ1v) is 15.0. The van der Waals surface area contributed by atoms with Crippen molar-refractivity contribution >= 4 is 0 Å². The second-order valence-corrected chi connectivity index (χ2v) is 11.8. The van der Waals surface area contributed by atoms with Crippen LogP contribution in [0.4, 0.5) is 0 Å². The van der Waals surface area contributed by atoms with Gasteiger partial charge >= 0.3 is 0 Å². The highest BCUT2D eigenvalue weighted by Crippen LogP contribution is 2.42. The van der Waals surface area contributed by atoms with Gasteiger partial charge in [-0.1, -0.05) is 132 Å². The van der Waals surface area contributed by atoms with E-state index in [9.17, 15) is 0 Å². The molecule has 0 bridgehead atoms. The van der Waals surface area contributed by atoms with E-state index in [-0.39, 0.29) is 0 Å². The summed E-state index contributed by atoms with van der Waals surface area (Å²) < 4.78 is 0. The second-order valence-electron chi connectivity index (χ2n) is 11.8. The molecule has 3 aliphatic carbocycles. The van der Waals surface area contributed by atoms with Crippen molar-refractivity contribution in [1.82, 2.24) is 0 Å². The van der Waals surface area contributed by atoms with Crippen LogP contribution >= 0.6 is 0 Å². The van der Waals surface area contributed by atoms with Gasteiger partial charge in [0.05, 0.1) is 0 Å². The molecule has 0 atom stereocenters. The third-order valence-electron chi connectivity index (χ3n) is 9.64. The molecule has 0 heterocycles. The van der Waals surface area contributed by atoms with Gasteiger partial charge in [-0.25, -0.2) is 0 Å². The summed E-state index contributed by atoms with van der Waals surface area (Å²) in [7, 11) is 0. The Hall–Kier alpha value is 0. The molecule has 3 fully saturated rings. The topological polar surface area (TPSA) is 0 Å². The van der Waals surface area contributed by atoms with E-state index in [0.717, 1.165) is 41.4 Å². The van der Waals surface area contributed by atoms with Crippen molar-refractivity contribution in [3.05, 3.63) is 0 Å². The van der Waals surface area contributed by atoms with Gasteiger partial charge in [0.1, 0.15) is 0 Å². The molecule has 0 aromatic heterocycles. The lowest BCUT2D eigenvalue weighted by molar-refractivity contribution is 0.144. The maximum atomic E-state index is 2.37. The molecule has 0 nitrogen and oxygen atoms in total. The molecule has 3 rings (SSSR count). The van der Waals surface area contributed by atoms with Gasteiger partial charge in [-0.3, -0.25) is 0 Å². The Morgan fingerprint density at radius 1 is 0.452 bits per heavy atom. The van der Waals surface area contributed by atoms with Crippen molar-refractivity contribution in [3.63, 3.8) is 0 Å². The highest BCUT2D eigenvalue weighted by Gasteiger charge is 2.29. The van der Waals surface area contributed by atoms with E-state index in [2.05, 4.69) is 48.5 Å². The summed E-state index contributed by atoms with van der Waals surface area (Å²) in [6, 6.07) is 0. The number of rotatable bonds is 6. The third kappa shape index (κ3) is 12.1. The van der Waals surface area contributed by atoms with Crippen LogP contribution < -0.4 is 0 Å². The fourth-order valence-electron chi connectivity index (χ4n) is 6.43. The fraction of sp³-hybridized carbons (Fsp3) is 1.00. The molecule has 0 N–H and O–H groups in total. The minimum atomic E-state index is 0.986. The first kappa shape index (κ1) is 29.0. The van der Waals surface area contributed by atoms with Crippen LogP contribution in [-0.4, -0.2) is 0 Å².